The molecule has 5 heterocycles. The first-order chi connectivity index (χ1) is 13.4. The zero-order valence-electron chi connectivity index (χ0n) is 16.1. The Kier molecular flexibility index (Phi) is 3.59. The van der Waals surface area contributed by atoms with E-state index >= 15 is 0 Å². The lowest BCUT2D eigenvalue weighted by atomic mass is 9.91. The Morgan fingerprint density at radius 2 is 1.18 bits per heavy atom. The Morgan fingerprint density at radius 3 is 1.75 bits per heavy atom. The van der Waals surface area contributed by atoms with E-state index in [4.69, 9.17) is 9.97 Å². The highest BCUT2D eigenvalue weighted by Crippen LogP contribution is 2.26. The summed E-state index contributed by atoms with van der Waals surface area (Å²) in [5.74, 6) is 0. The Labute approximate surface area is 162 Å². The third-order valence-electron chi connectivity index (χ3n) is 4.74. The van der Waals surface area contributed by atoms with Crippen LogP contribution in [0.1, 0.15) is 49.2 Å². The van der Waals surface area contributed by atoms with Gasteiger partial charge < -0.3 is 9.97 Å². The van der Waals surface area contributed by atoms with Gasteiger partial charge in [0.15, 0.2) is 0 Å². The molecule has 0 atom stereocenters. The number of fused-ring (bicyclic) bond motifs is 8. The van der Waals surface area contributed by atoms with Crippen LogP contribution in [0.15, 0.2) is 36.4 Å². The van der Waals surface area contributed by atoms with E-state index in [1.807, 2.05) is 48.6 Å². The molecule has 2 aliphatic heterocycles. The van der Waals surface area contributed by atoms with Gasteiger partial charge in [0.05, 0.1) is 34.0 Å². The molecule has 138 valence electrons. The highest BCUT2D eigenvalue weighted by atomic mass is 14.9. The Bertz CT molecular complexity index is 1300. The Balaban J connectivity index is 1.87. The van der Waals surface area contributed by atoms with Crippen molar-refractivity contribution in [3.05, 3.63) is 64.9 Å². The van der Waals surface area contributed by atoms with Crippen LogP contribution in [0, 0.1) is 0 Å². The van der Waals surface area contributed by atoms with Crippen molar-refractivity contribution in [3.63, 3.8) is 0 Å². The first-order valence-corrected chi connectivity index (χ1v) is 9.38. The van der Waals surface area contributed by atoms with E-state index in [0.29, 0.717) is 0 Å². The quantitative estimate of drug-likeness (QED) is 0.388. The zero-order chi connectivity index (χ0) is 19.3. The summed E-state index contributed by atoms with van der Waals surface area (Å²) in [6.45, 7) is 6.50. The molecular formula is C23H21N5. The average molecular weight is 367 g/mol. The summed E-state index contributed by atoms with van der Waals surface area (Å²) in [6.07, 6.45) is 8.08. The first-order valence-electron chi connectivity index (χ1n) is 9.38. The summed E-state index contributed by atoms with van der Waals surface area (Å²) in [5.41, 5.74) is 8.36. The fourth-order valence-electron chi connectivity index (χ4n) is 3.47. The minimum absolute atomic E-state index is 0.0857. The summed E-state index contributed by atoms with van der Waals surface area (Å²) in [6, 6.07) is 12.2. The number of H-pyrrole nitrogens is 2. The maximum absolute atomic E-state index is 4.84. The number of nitrogens with one attached hydrogen (secondary N) is 2. The molecule has 8 bridgehead atoms. The molecule has 0 spiro atoms. The molecule has 5 heteroatoms. The fourth-order valence-corrected chi connectivity index (χ4v) is 3.47. The standard InChI is InChI=1S/C23H21N5/c1-23(2,3)22-20-12-18-8-6-16(25-18)10-14-4-5-15(24-14)11-17-7-9-19(26-17)13-21(27-20)28-22/h4-13,24H,1-3H3,(H,27,28). The number of imidazole rings is 1. The molecule has 0 amide bonds. The van der Waals surface area contributed by atoms with Crippen molar-refractivity contribution >= 4 is 46.5 Å². The molecule has 0 saturated carbocycles. The smallest absolute Gasteiger partial charge is 0.132 e. The molecule has 3 aromatic heterocycles. The molecule has 5 rings (SSSR count). The van der Waals surface area contributed by atoms with Gasteiger partial charge in [0, 0.05) is 22.5 Å². The third kappa shape index (κ3) is 3.16. The molecule has 5 nitrogen and oxygen atoms in total. The SMILES string of the molecule is CC(C)(C)c1nc2cc3nc(cc4ccc(cc5nc(cc1[nH]2)C=C5)[nH]4)C=C3. The lowest BCUT2D eigenvalue weighted by molar-refractivity contribution is 0.579. The van der Waals surface area contributed by atoms with Crippen molar-refractivity contribution in [1.82, 2.24) is 24.9 Å². The lowest BCUT2D eigenvalue weighted by Gasteiger charge is -2.15. The molecule has 0 unspecified atom stereocenters. The minimum Gasteiger partial charge on any atom is -0.355 e. The van der Waals surface area contributed by atoms with Crippen LogP contribution < -0.4 is 0 Å². The number of nitrogens with zero attached hydrogens (tertiary/aromatic N) is 3. The molecule has 0 radical (unpaired) electrons. The molecule has 28 heavy (non-hydrogen) atoms. The number of hydrogen-bond acceptors (Lipinski definition) is 3. The van der Waals surface area contributed by atoms with E-state index in [1.165, 1.54) is 0 Å². The van der Waals surface area contributed by atoms with Gasteiger partial charge in [-0.25, -0.2) is 15.0 Å². The van der Waals surface area contributed by atoms with Crippen LogP contribution in [0.4, 0.5) is 0 Å². The van der Waals surface area contributed by atoms with Crippen molar-refractivity contribution in [1.29, 1.82) is 0 Å². The molecule has 0 fully saturated rings. The average Bonchev–Trinajstić information content (AvgIpc) is 3.38. The Hall–Kier alpha value is -3.47. The number of hydrogen-bond donors (Lipinski definition) is 2. The summed E-state index contributed by atoms with van der Waals surface area (Å²) in [4.78, 5) is 21.1. The normalized spacial score (nSPS) is 13.2. The van der Waals surface area contributed by atoms with E-state index in [-0.39, 0.29) is 5.41 Å². The van der Waals surface area contributed by atoms with E-state index < -0.39 is 0 Å². The van der Waals surface area contributed by atoms with Gasteiger partial charge >= 0.3 is 0 Å². The summed E-state index contributed by atoms with van der Waals surface area (Å²) in [7, 11) is 0. The van der Waals surface area contributed by atoms with Crippen LogP contribution in [-0.4, -0.2) is 24.9 Å². The highest BCUT2D eigenvalue weighted by molar-refractivity contribution is 5.77. The minimum atomic E-state index is -0.0857. The van der Waals surface area contributed by atoms with E-state index in [0.717, 1.165) is 50.7 Å². The maximum atomic E-state index is 4.84. The van der Waals surface area contributed by atoms with Crippen molar-refractivity contribution in [2.24, 2.45) is 0 Å². The van der Waals surface area contributed by atoms with Crippen molar-refractivity contribution in [3.8, 4) is 0 Å². The van der Waals surface area contributed by atoms with Gasteiger partial charge in [0.2, 0.25) is 0 Å². The van der Waals surface area contributed by atoms with Gasteiger partial charge in [0.1, 0.15) is 5.65 Å². The predicted octanol–water partition coefficient (Wildman–Crippen LogP) is 5.35. The van der Waals surface area contributed by atoms with Gasteiger partial charge in [0.25, 0.3) is 0 Å². The second kappa shape index (κ2) is 6.02. The van der Waals surface area contributed by atoms with Crippen LogP contribution in [0.25, 0.3) is 46.5 Å². The van der Waals surface area contributed by atoms with Gasteiger partial charge in [-0.15, -0.1) is 0 Å². The number of aromatic nitrogens is 5. The largest absolute Gasteiger partial charge is 0.355 e. The van der Waals surface area contributed by atoms with E-state index in [1.54, 1.807) is 0 Å². The van der Waals surface area contributed by atoms with Crippen molar-refractivity contribution in [2.45, 2.75) is 26.2 Å². The monoisotopic (exact) mass is 367 g/mol. The zero-order valence-corrected chi connectivity index (χ0v) is 16.1. The fraction of sp³-hybridized carbons (Fsp3) is 0.174. The highest BCUT2D eigenvalue weighted by Gasteiger charge is 2.19. The van der Waals surface area contributed by atoms with Crippen molar-refractivity contribution in [2.75, 3.05) is 0 Å². The lowest BCUT2D eigenvalue weighted by Crippen LogP contribution is -2.11. The van der Waals surface area contributed by atoms with Gasteiger partial charge in [-0.1, -0.05) is 20.8 Å². The van der Waals surface area contributed by atoms with Gasteiger partial charge in [-0.3, -0.25) is 0 Å². The molecule has 2 aliphatic rings. The molecular weight excluding hydrogens is 346 g/mol. The van der Waals surface area contributed by atoms with E-state index in [9.17, 15) is 0 Å². The Morgan fingerprint density at radius 1 is 0.643 bits per heavy atom. The second-order valence-corrected chi connectivity index (χ2v) is 8.17. The summed E-state index contributed by atoms with van der Waals surface area (Å²) >= 11 is 0. The first kappa shape index (κ1) is 16.7. The van der Waals surface area contributed by atoms with Crippen LogP contribution in [0.3, 0.4) is 0 Å². The number of rotatable bonds is 0. The number of aromatic amines is 2. The van der Waals surface area contributed by atoms with Crippen molar-refractivity contribution < 1.29 is 0 Å². The van der Waals surface area contributed by atoms with Gasteiger partial charge in [-0.05, 0) is 54.6 Å². The predicted molar refractivity (Wildman–Crippen MR) is 115 cm³/mol. The molecule has 0 aromatic carbocycles. The topological polar surface area (TPSA) is 70.2 Å². The van der Waals surface area contributed by atoms with Crippen LogP contribution in [0.2, 0.25) is 0 Å². The third-order valence-corrected chi connectivity index (χ3v) is 4.74. The van der Waals surface area contributed by atoms with Crippen LogP contribution in [-0.2, 0) is 5.41 Å². The van der Waals surface area contributed by atoms with Gasteiger partial charge in [-0.2, -0.15) is 0 Å². The van der Waals surface area contributed by atoms with Crippen LogP contribution in [0.5, 0.6) is 0 Å². The summed E-state index contributed by atoms with van der Waals surface area (Å²) in [5, 5.41) is 0. The molecule has 0 aliphatic carbocycles. The maximum Gasteiger partial charge on any atom is 0.132 e. The molecule has 0 saturated heterocycles. The molecule has 2 N–H and O–H groups in total. The summed E-state index contributed by atoms with van der Waals surface area (Å²) < 4.78 is 0. The van der Waals surface area contributed by atoms with E-state index in [2.05, 4.69) is 47.9 Å². The van der Waals surface area contributed by atoms with Crippen LogP contribution >= 0.6 is 0 Å². The second-order valence-electron chi connectivity index (χ2n) is 8.17. The molecule has 3 aromatic rings.